The first-order valence-corrected chi connectivity index (χ1v) is 6.62. The molecule has 0 aliphatic rings. The highest BCUT2D eigenvalue weighted by Gasteiger charge is 2.13. The third kappa shape index (κ3) is 3.27. The van der Waals surface area contributed by atoms with E-state index in [0.29, 0.717) is 30.6 Å². The molecule has 2 aromatic rings. The highest BCUT2D eigenvalue weighted by atomic mass is 16.5. The molecule has 2 N–H and O–H groups in total. The maximum Gasteiger partial charge on any atom is 0.273 e. The van der Waals surface area contributed by atoms with Gasteiger partial charge in [0.2, 0.25) is 0 Å². The molecule has 0 aliphatic carbocycles. The Morgan fingerprint density at radius 2 is 2.35 bits per heavy atom. The van der Waals surface area contributed by atoms with Crippen molar-refractivity contribution < 1.29 is 9.53 Å². The van der Waals surface area contributed by atoms with Crippen LogP contribution in [0.15, 0.2) is 24.4 Å². The molecule has 0 fully saturated rings. The average Bonchev–Trinajstić information content (AvgIpc) is 3.04. The maximum absolute atomic E-state index is 12.2. The molecule has 2 aromatic heterocycles. The van der Waals surface area contributed by atoms with Crippen LogP contribution in [0.1, 0.15) is 35.9 Å². The Balaban J connectivity index is 2.05. The minimum Gasteiger partial charge on any atom is -0.383 e. The lowest BCUT2D eigenvalue weighted by molar-refractivity contribution is 0.101. The first kappa shape index (κ1) is 14.3. The number of amides is 1. The van der Waals surface area contributed by atoms with Crippen molar-refractivity contribution in [2.45, 2.75) is 26.3 Å². The number of carbonyl (C=O) groups is 1. The minimum absolute atomic E-state index is 0.173. The molecule has 6 heteroatoms. The van der Waals surface area contributed by atoms with E-state index in [2.05, 4.69) is 29.4 Å². The number of hydrogen-bond donors (Lipinski definition) is 2. The molecule has 2 rings (SSSR count). The molecule has 20 heavy (non-hydrogen) atoms. The molecule has 0 aliphatic heterocycles. The van der Waals surface area contributed by atoms with Crippen molar-refractivity contribution >= 4 is 11.7 Å². The lowest BCUT2D eigenvalue weighted by atomic mass is 10.1. The molecule has 6 nitrogen and oxygen atoms in total. The summed E-state index contributed by atoms with van der Waals surface area (Å²) in [5.74, 6) is 0.713. The van der Waals surface area contributed by atoms with Crippen LogP contribution >= 0.6 is 0 Å². The fraction of sp³-hybridized carbons (Fsp3) is 0.429. The van der Waals surface area contributed by atoms with E-state index in [1.54, 1.807) is 13.2 Å². The zero-order valence-corrected chi connectivity index (χ0v) is 12.0. The van der Waals surface area contributed by atoms with Crippen molar-refractivity contribution in [1.29, 1.82) is 0 Å². The Hall–Kier alpha value is -2.08. The van der Waals surface area contributed by atoms with E-state index in [9.17, 15) is 4.79 Å². The van der Waals surface area contributed by atoms with E-state index in [1.807, 2.05) is 22.9 Å². The summed E-state index contributed by atoms with van der Waals surface area (Å²) < 4.78 is 6.88. The molecule has 1 amide bonds. The fourth-order valence-corrected chi connectivity index (χ4v) is 1.88. The van der Waals surface area contributed by atoms with Gasteiger partial charge >= 0.3 is 0 Å². The number of aromatic nitrogens is 3. The molecule has 2 heterocycles. The van der Waals surface area contributed by atoms with Gasteiger partial charge in [-0.25, -0.2) is 0 Å². The Labute approximate surface area is 118 Å². The molecule has 108 valence electrons. The van der Waals surface area contributed by atoms with E-state index >= 15 is 0 Å². The summed E-state index contributed by atoms with van der Waals surface area (Å²) in [6.07, 6.45) is 1.86. The summed E-state index contributed by atoms with van der Waals surface area (Å²) >= 11 is 0. The molecule has 0 radical (unpaired) electrons. The first-order valence-electron chi connectivity index (χ1n) is 6.62. The monoisotopic (exact) mass is 276 g/mol. The van der Waals surface area contributed by atoms with Gasteiger partial charge in [0.1, 0.15) is 5.69 Å². The van der Waals surface area contributed by atoms with Gasteiger partial charge in [0.05, 0.1) is 6.61 Å². The molecule has 0 unspecified atom stereocenters. The van der Waals surface area contributed by atoms with E-state index in [0.717, 1.165) is 5.69 Å². The standard InChI is InChI=1S/C14H20N4O2/c1-10(2)11-9-13(17-16-11)15-14(19)12-5-4-6-18(12)7-8-20-3/h4-6,9-10H,7-8H2,1-3H3,(H2,15,16,17,19). The topological polar surface area (TPSA) is 71.9 Å². The lowest BCUT2D eigenvalue weighted by Gasteiger charge is -2.07. The summed E-state index contributed by atoms with van der Waals surface area (Å²) in [7, 11) is 1.64. The van der Waals surface area contributed by atoms with Crippen molar-refractivity contribution in [1.82, 2.24) is 14.8 Å². The number of H-pyrrole nitrogens is 1. The van der Waals surface area contributed by atoms with E-state index in [4.69, 9.17) is 4.74 Å². The quantitative estimate of drug-likeness (QED) is 0.850. The summed E-state index contributed by atoms with van der Waals surface area (Å²) in [6.45, 7) is 5.34. The second kappa shape index (κ2) is 6.38. The molecular weight excluding hydrogens is 256 g/mol. The van der Waals surface area contributed by atoms with Gasteiger partial charge < -0.3 is 14.6 Å². The Morgan fingerprint density at radius 3 is 3.00 bits per heavy atom. The zero-order valence-electron chi connectivity index (χ0n) is 12.0. The second-order valence-corrected chi connectivity index (χ2v) is 4.90. The van der Waals surface area contributed by atoms with E-state index in [-0.39, 0.29) is 5.91 Å². The van der Waals surface area contributed by atoms with Gasteiger partial charge in [0.15, 0.2) is 5.82 Å². The van der Waals surface area contributed by atoms with Gasteiger partial charge in [0.25, 0.3) is 5.91 Å². The van der Waals surface area contributed by atoms with Crippen LogP contribution in [0, 0.1) is 0 Å². The highest BCUT2D eigenvalue weighted by Crippen LogP contribution is 2.15. The summed E-state index contributed by atoms with van der Waals surface area (Å²) in [4.78, 5) is 12.2. The number of nitrogens with zero attached hydrogens (tertiary/aromatic N) is 2. The van der Waals surface area contributed by atoms with Crippen molar-refractivity contribution in [2.75, 3.05) is 19.0 Å². The van der Waals surface area contributed by atoms with Gasteiger partial charge in [-0.3, -0.25) is 9.89 Å². The number of rotatable bonds is 6. The van der Waals surface area contributed by atoms with Crippen molar-refractivity contribution in [3.05, 3.63) is 35.8 Å². The van der Waals surface area contributed by atoms with Crippen molar-refractivity contribution in [3.8, 4) is 0 Å². The second-order valence-electron chi connectivity index (χ2n) is 4.90. The number of methoxy groups -OCH3 is 1. The molecule has 0 spiro atoms. The molecule has 0 bridgehead atoms. The third-order valence-electron chi connectivity index (χ3n) is 3.06. The predicted octanol–water partition coefficient (Wildman–Crippen LogP) is 2.23. The van der Waals surface area contributed by atoms with Gasteiger partial charge in [0, 0.05) is 31.6 Å². The molecule has 0 aromatic carbocycles. The Kier molecular flexibility index (Phi) is 4.57. The van der Waals surface area contributed by atoms with Crippen LogP contribution in [0.5, 0.6) is 0 Å². The normalized spacial score (nSPS) is 11.0. The highest BCUT2D eigenvalue weighted by molar-refractivity contribution is 6.02. The third-order valence-corrected chi connectivity index (χ3v) is 3.06. The number of anilines is 1. The average molecular weight is 276 g/mol. The van der Waals surface area contributed by atoms with Crippen LogP contribution in [0.3, 0.4) is 0 Å². The SMILES string of the molecule is COCCn1cccc1C(=O)Nc1cc(C(C)C)[nH]n1. The van der Waals surface area contributed by atoms with Crippen molar-refractivity contribution in [2.24, 2.45) is 0 Å². The van der Waals surface area contributed by atoms with E-state index < -0.39 is 0 Å². The van der Waals surface area contributed by atoms with Crippen LogP contribution in [0.25, 0.3) is 0 Å². The smallest absolute Gasteiger partial charge is 0.273 e. The minimum atomic E-state index is -0.173. The van der Waals surface area contributed by atoms with Gasteiger partial charge in [-0.15, -0.1) is 0 Å². The Morgan fingerprint density at radius 1 is 1.55 bits per heavy atom. The predicted molar refractivity (Wildman–Crippen MR) is 76.9 cm³/mol. The number of nitrogens with one attached hydrogen (secondary N) is 2. The fourth-order valence-electron chi connectivity index (χ4n) is 1.88. The molecule has 0 atom stereocenters. The van der Waals surface area contributed by atoms with Gasteiger partial charge in [-0.1, -0.05) is 13.8 Å². The molecular formula is C14H20N4O2. The summed E-state index contributed by atoms with van der Waals surface area (Å²) in [6, 6.07) is 5.47. The first-order chi connectivity index (χ1) is 9.61. The number of aromatic amines is 1. The van der Waals surface area contributed by atoms with Crippen LogP contribution in [0.2, 0.25) is 0 Å². The largest absolute Gasteiger partial charge is 0.383 e. The van der Waals surface area contributed by atoms with Gasteiger partial charge in [-0.05, 0) is 18.1 Å². The summed E-state index contributed by atoms with van der Waals surface area (Å²) in [5.41, 5.74) is 1.59. The van der Waals surface area contributed by atoms with Crippen LogP contribution in [-0.2, 0) is 11.3 Å². The zero-order chi connectivity index (χ0) is 14.5. The van der Waals surface area contributed by atoms with Gasteiger partial charge in [-0.2, -0.15) is 5.10 Å². The van der Waals surface area contributed by atoms with Crippen molar-refractivity contribution in [3.63, 3.8) is 0 Å². The van der Waals surface area contributed by atoms with E-state index in [1.165, 1.54) is 0 Å². The lowest BCUT2D eigenvalue weighted by Crippen LogP contribution is -2.18. The molecule has 0 saturated heterocycles. The van der Waals surface area contributed by atoms with Crippen LogP contribution < -0.4 is 5.32 Å². The number of ether oxygens (including phenoxy) is 1. The maximum atomic E-state index is 12.2. The number of carbonyl (C=O) groups excluding carboxylic acids is 1. The van der Waals surface area contributed by atoms with Crippen LogP contribution in [0.4, 0.5) is 5.82 Å². The number of hydrogen-bond acceptors (Lipinski definition) is 3. The van der Waals surface area contributed by atoms with Crippen LogP contribution in [-0.4, -0.2) is 34.4 Å². The summed E-state index contributed by atoms with van der Waals surface area (Å²) in [5, 5.41) is 9.79. The Bertz CT molecular complexity index is 571. The molecule has 0 saturated carbocycles.